The maximum atomic E-state index is 9.89. The smallest absolute Gasteiger partial charge is 0.0778 e. The first-order chi connectivity index (χ1) is 8.75. The molecule has 1 N–H and O–H groups in total. The van der Waals surface area contributed by atoms with Crippen molar-refractivity contribution in [3.8, 4) is 11.1 Å². The van der Waals surface area contributed by atoms with Crippen LogP contribution < -0.4 is 0 Å². The molecule has 2 unspecified atom stereocenters. The summed E-state index contributed by atoms with van der Waals surface area (Å²) in [6, 6.07) is 7.84. The first-order valence-electron chi connectivity index (χ1n) is 6.23. The third kappa shape index (κ3) is 2.04. The minimum absolute atomic E-state index is 0.112. The molecule has 18 heavy (non-hydrogen) atoms. The zero-order valence-corrected chi connectivity index (χ0v) is 10.7. The number of aromatic nitrogens is 2. The highest BCUT2D eigenvalue weighted by Crippen LogP contribution is 2.32. The van der Waals surface area contributed by atoms with Crippen molar-refractivity contribution >= 4 is 11.6 Å². The molecule has 1 fully saturated rings. The van der Waals surface area contributed by atoms with E-state index in [1.807, 2.05) is 41.3 Å². The molecule has 0 bridgehead atoms. The zero-order valence-electron chi connectivity index (χ0n) is 9.96. The number of benzene rings is 1. The van der Waals surface area contributed by atoms with Crippen LogP contribution in [0.5, 0.6) is 0 Å². The van der Waals surface area contributed by atoms with E-state index in [1.165, 1.54) is 0 Å². The van der Waals surface area contributed by atoms with E-state index in [-0.39, 0.29) is 12.1 Å². The van der Waals surface area contributed by atoms with E-state index >= 15 is 0 Å². The highest BCUT2D eigenvalue weighted by atomic mass is 35.5. The molecular weight excluding hydrogens is 248 g/mol. The molecule has 0 amide bonds. The van der Waals surface area contributed by atoms with E-state index in [9.17, 15) is 5.11 Å². The van der Waals surface area contributed by atoms with Crippen LogP contribution in [-0.2, 0) is 0 Å². The normalized spacial score (nSPS) is 23.4. The summed E-state index contributed by atoms with van der Waals surface area (Å²) in [4.78, 5) is 0. The van der Waals surface area contributed by atoms with E-state index in [4.69, 9.17) is 11.6 Å². The molecule has 1 aromatic heterocycles. The SMILES string of the molecule is OC1CCCC1n1cc(-c2ccccc2Cl)cn1. The molecule has 1 saturated carbocycles. The van der Waals surface area contributed by atoms with Gasteiger partial charge in [-0.15, -0.1) is 0 Å². The van der Waals surface area contributed by atoms with Crippen molar-refractivity contribution in [1.29, 1.82) is 0 Å². The predicted molar refractivity (Wildman–Crippen MR) is 71.6 cm³/mol. The average molecular weight is 263 g/mol. The summed E-state index contributed by atoms with van der Waals surface area (Å²) >= 11 is 6.17. The highest BCUT2D eigenvalue weighted by molar-refractivity contribution is 6.33. The average Bonchev–Trinajstić information content (AvgIpc) is 2.98. The third-order valence-corrected chi connectivity index (χ3v) is 3.90. The molecule has 1 aliphatic rings. The van der Waals surface area contributed by atoms with Gasteiger partial charge in [0.05, 0.1) is 18.3 Å². The number of rotatable bonds is 2. The van der Waals surface area contributed by atoms with E-state index < -0.39 is 0 Å². The van der Waals surface area contributed by atoms with Gasteiger partial charge in [0, 0.05) is 22.3 Å². The molecule has 2 aromatic rings. The van der Waals surface area contributed by atoms with Crippen molar-refractivity contribution in [1.82, 2.24) is 9.78 Å². The summed E-state index contributed by atoms with van der Waals surface area (Å²) < 4.78 is 1.87. The van der Waals surface area contributed by atoms with Crippen molar-refractivity contribution in [2.24, 2.45) is 0 Å². The first-order valence-corrected chi connectivity index (χ1v) is 6.60. The number of hydrogen-bond acceptors (Lipinski definition) is 2. The molecular formula is C14H15ClN2O. The van der Waals surface area contributed by atoms with Gasteiger partial charge in [-0.2, -0.15) is 5.10 Å². The minimum atomic E-state index is -0.274. The number of nitrogens with zero attached hydrogens (tertiary/aromatic N) is 2. The summed E-state index contributed by atoms with van der Waals surface area (Å²) in [7, 11) is 0. The van der Waals surface area contributed by atoms with Crippen LogP contribution in [0.4, 0.5) is 0 Å². The van der Waals surface area contributed by atoms with E-state index in [0.717, 1.165) is 35.4 Å². The third-order valence-electron chi connectivity index (χ3n) is 3.57. The van der Waals surface area contributed by atoms with Crippen LogP contribution in [0.3, 0.4) is 0 Å². The van der Waals surface area contributed by atoms with E-state index in [0.29, 0.717) is 0 Å². The van der Waals surface area contributed by atoms with Crippen LogP contribution in [0, 0.1) is 0 Å². The van der Waals surface area contributed by atoms with Gasteiger partial charge >= 0.3 is 0 Å². The maximum Gasteiger partial charge on any atom is 0.0778 e. The van der Waals surface area contributed by atoms with E-state index in [1.54, 1.807) is 0 Å². The Hall–Kier alpha value is -1.32. The molecule has 0 spiro atoms. The van der Waals surface area contributed by atoms with Crippen molar-refractivity contribution in [2.45, 2.75) is 31.4 Å². The van der Waals surface area contributed by atoms with E-state index in [2.05, 4.69) is 5.10 Å². The molecule has 94 valence electrons. The zero-order chi connectivity index (χ0) is 12.5. The van der Waals surface area contributed by atoms with Gasteiger partial charge in [0.1, 0.15) is 0 Å². The molecule has 1 heterocycles. The van der Waals surface area contributed by atoms with Gasteiger partial charge < -0.3 is 5.11 Å². The lowest BCUT2D eigenvalue weighted by atomic mass is 10.1. The Morgan fingerprint density at radius 1 is 1.28 bits per heavy atom. The van der Waals surface area contributed by atoms with Gasteiger partial charge in [-0.25, -0.2) is 0 Å². The van der Waals surface area contributed by atoms with Crippen molar-refractivity contribution < 1.29 is 5.11 Å². The molecule has 0 aliphatic heterocycles. The lowest BCUT2D eigenvalue weighted by molar-refractivity contribution is 0.130. The number of aliphatic hydroxyl groups is 1. The summed E-state index contributed by atoms with van der Waals surface area (Å²) in [5, 5.41) is 15.0. The van der Waals surface area contributed by atoms with Crippen LogP contribution in [0.15, 0.2) is 36.7 Å². The summed E-state index contributed by atoms with van der Waals surface area (Å²) in [6.07, 6.45) is 6.43. The van der Waals surface area contributed by atoms with Crippen LogP contribution in [0.25, 0.3) is 11.1 Å². The predicted octanol–water partition coefficient (Wildman–Crippen LogP) is 3.29. The summed E-state index contributed by atoms with van der Waals surface area (Å²) in [5.74, 6) is 0. The molecule has 3 rings (SSSR count). The Labute approximate surface area is 111 Å². The van der Waals surface area contributed by atoms with Gasteiger partial charge in [0.25, 0.3) is 0 Å². The lowest BCUT2D eigenvalue weighted by Crippen LogP contribution is -2.18. The molecule has 4 heteroatoms. The van der Waals surface area contributed by atoms with Gasteiger partial charge in [0.15, 0.2) is 0 Å². The second-order valence-electron chi connectivity index (χ2n) is 4.75. The number of halogens is 1. The first kappa shape index (κ1) is 11.8. The Bertz CT molecular complexity index is 552. The summed E-state index contributed by atoms with van der Waals surface area (Å²) in [5.41, 5.74) is 1.98. The Morgan fingerprint density at radius 2 is 2.11 bits per heavy atom. The van der Waals surface area contributed by atoms with Gasteiger partial charge in [-0.1, -0.05) is 29.8 Å². The fourth-order valence-electron chi connectivity index (χ4n) is 2.58. The fourth-order valence-corrected chi connectivity index (χ4v) is 2.83. The second kappa shape index (κ2) is 4.75. The molecule has 0 saturated heterocycles. The van der Waals surface area contributed by atoms with Gasteiger partial charge in [-0.3, -0.25) is 4.68 Å². The fraction of sp³-hybridized carbons (Fsp3) is 0.357. The molecule has 1 aliphatic carbocycles. The molecule has 3 nitrogen and oxygen atoms in total. The van der Waals surface area contributed by atoms with Crippen molar-refractivity contribution in [3.63, 3.8) is 0 Å². The Balaban J connectivity index is 1.92. The number of aliphatic hydroxyl groups excluding tert-OH is 1. The van der Waals surface area contributed by atoms with Crippen molar-refractivity contribution in [2.75, 3.05) is 0 Å². The van der Waals surface area contributed by atoms with Crippen molar-refractivity contribution in [3.05, 3.63) is 41.7 Å². The standard InChI is InChI=1S/C14H15ClN2O/c15-12-5-2-1-4-11(12)10-8-16-17(9-10)13-6-3-7-14(13)18/h1-2,4-5,8-9,13-14,18H,3,6-7H2. The number of hydrogen-bond donors (Lipinski definition) is 1. The Morgan fingerprint density at radius 3 is 2.83 bits per heavy atom. The van der Waals surface area contributed by atoms with Crippen LogP contribution in [0.1, 0.15) is 25.3 Å². The summed E-state index contributed by atoms with van der Waals surface area (Å²) in [6.45, 7) is 0. The Kier molecular flexibility index (Phi) is 3.10. The maximum absolute atomic E-state index is 9.89. The van der Waals surface area contributed by atoms with Gasteiger partial charge in [-0.05, 0) is 25.3 Å². The topological polar surface area (TPSA) is 38.0 Å². The molecule has 0 radical (unpaired) electrons. The second-order valence-corrected chi connectivity index (χ2v) is 5.16. The quantitative estimate of drug-likeness (QED) is 0.902. The minimum Gasteiger partial charge on any atom is -0.391 e. The van der Waals surface area contributed by atoms with Gasteiger partial charge in [0.2, 0.25) is 0 Å². The highest BCUT2D eigenvalue weighted by Gasteiger charge is 2.27. The largest absolute Gasteiger partial charge is 0.391 e. The van der Waals surface area contributed by atoms with Crippen LogP contribution in [-0.4, -0.2) is 21.0 Å². The van der Waals surface area contributed by atoms with Crippen LogP contribution in [0.2, 0.25) is 5.02 Å². The molecule has 1 aromatic carbocycles. The molecule has 2 atom stereocenters. The van der Waals surface area contributed by atoms with Crippen LogP contribution >= 0.6 is 11.6 Å². The monoisotopic (exact) mass is 262 g/mol. The lowest BCUT2D eigenvalue weighted by Gasteiger charge is -2.14.